The minimum Gasteiger partial charge on any atom is -0.493 e. The van der Waals surface area contributed by atoms with Gasteiger partial charge in [-0.05, 0) is 41.8 Å². The van der Waals surface area contributed by atoms with Crippen molar-refractivity contribution in [3.63, 3.8) is 0 Å². The molecule has 0 bridgehead atoms. The van der Waals surface area contributed by atoms with Crippen molar-refractivity contribution in [1.82, 2.24) is 4.90 Å². The molecule has 1 heterocycles. The predicted molar refractivity (Wildman–Crippen MR) is 125 cm³/mol. The van der Waals surface area contributed by atoms with Crippen LogP contribution in [0.5, 0.6) is 17.2 Å². The van der Waals surface area contributed by atoms with Crippen molar-refractivity contribution >= 4 is 40.3 Å². The Morgan fingerprint density at radius 1 is 1.10 bits per heavy atom. The summed E-state index contributed by atoms with van der Waals surface area (Å²) in [5.74, 6) is 1.93. The third-order valence-electron chi connectivity index (χ3n) is 4.41. The van der Waals surface area contributed by atoms with Gasteiger partial charge in [0.05, 0.1) is 12.0 Å². The van der Waals surface area contributed by atoms with Gasteiger partial charge in [-0.1, -0.05) is 54.3 Å². The Kier molecular flexibility index (Phi) is 7.54. The number of para-hydroxylation sites is 1. The number of hydrogen-bond donors (Lipinski definition) is 0. The van der Waals surface area contributed by atoms with E-state index in [0.29, 0.717) is 33.9 Å². The molecule has 2 aromatic rings. The number of carbonyl (C=O) groups is 1. The van der Waals surface area contributed by atoms with Gasteiger partial charge in [0.25, 0.3) is 5.91 Å². The van der Waals surface area contributed by atoms with Gasteiger partial charge in [-0.25, -0.2) is 0 Å². The second-order valence-electron chi connectivity index (χ2n) is 6.45. The highest BCUT2D eigenvalue weighted by atomic mass is 32.2. The van der Waals surface area contributed by atoms with E-state index in [0.717, 1.165) is 23.3 Å². The molecular weight excluding hydrogens is 418 g/mol. The Morgan fingerprint density at radius 2 is 1.83 bits per heavy atom. The van der Waals surface area contributed by atoms with Crippen LogP contribution in [0.2, 0.25) is 0 Å². The molecule has 0 N–H and O–H groups in total. The second kappa shape index (κ2) is 10.3. The lowest BCUT2D eigenvalue weighted by atomic mass is 10.1. The van der Waals surface area contributed by atoms with Crippen LogP contribution in [0.4, 0.5) is 0 Å². The van der Waals surface area contributed by atoms with E-state index in [1.54, 1.807) is 20.2 Å². The molecule has 1 aliphatic rings. The number of nitrogens with zero attached hydrogens (tertiary/aromatic N) is 1. The van der Waals surface area contributed by atoms with Crippen LogP contribution in [0.25, 0.3) is 6.08 Å². The standard InChI is InChI=1S/C23H23NO4S2/c1-4-7-17-8-5-6-9-18(17)27-12-13-28-19-11-10-16(14-20(19)26-3)15-21-22(25)24(2)23(29)30-21/h4-6,8-11,14-15H,1,7,12-13H2,2-3H3/b21-15-. The summed E-state index contributed by atoms with van der Waals surface area (Å²) in [4.78, 5) is 14.2. The van der Waals surface area contributed by atoms with E-state index in [9.17, 15) is 4.79 Å². The van der Waals surface area contributed by atoms with Gasteiger partial charge >= 0.3 is 0 Å². The van der Waals surface area contributed by atoms with Gasteiger partial charge in [0, 0.05) is 7.05 Å². The summed E-state index contributed by atoms with van der Waals surface area (Å²) in [6.07, 6.45) is 4.40. The number of likely N-dealkylation sites (N-methyl/N-ethyl adjacent to an activating group) is 1. The molecule has 1 saturated heterocycles. The minimum absolute atomic E-state index is 0.0989. The van der Waals surface area contributed by atoms with E-state index >= 15 is 0 Å². The average molecular weight is 442 g/mol. The molecule has 30 heavy (non-hydrogen) atoms. The number of ether oxygens (including phenoxy) is 3. The zero-order valence-corrected chi connectivity index (χ0v) is 18.6. The van der Waals surface area contributed by atoms with Gasteiger partial charge in [0.15, 0.2) is 11.5 Å². The molecule has 7 heteroatoms. The second-order valence-corrected chi connectivity index (χ2v) is 8.12. The lowest BCUT2D eigenvalue weighted by molar-refractivity contribution is -0.121. The summed E-state index contributed by atoms with van der Waals surface area (Å²) >= 11 is 6.45. The van der Waals surface area contributed by atoms with E-state index in [1.165, 1.54) is 16.7 Å². The first-order valence-electron chi connectivity index (χ1n) is 9.37. The molecule has 1 fully saturated rings. The SMILES string of the molecule is C=CCc1ccccc1OCCOc1ccc(/C=C2\SC(=S)N(C)C2=O)cc1OC. The number of amides is 1. The van der Waals surface area contributed by atoms with E-state index in [-0.39, 0.29) is 5.91 Å². The molecule has 1 amide bonds. The highest BCUT2D eigenvalue weighted by Crippen LogP contribution is 2.34. The molecule has 5 nitrogen and oxygen atoms in total. The van der Waals surface area contributed by atoms with Crippen LogP contribution in [0.15, 0.2) is 60.0 Å². The monoisotopic (exact) mass is 441 g/mol. The van der Waals surface area contributed by atoms with Gasteiger partial charge in [0.1, 0.15) is 23.3 Å². The quantitative estimate of drug-likeness (QED) is 0.243. The molecule has 3 rings (SSSR count). The molecular formula is C23H23NO4S2. The number of carbonyl (C=O) groups excluding carboxylic acids is 1. The van der Waals surface area contributed by atoms with Gasteiger partial charge < -0.3 is 14.2 Å². The Bertz CT molecular complexity index is 987. The van der Waals surface area contributed by atoms with E-state index in [4.69, 9.17) is 26.4 Å². The summed E-state index contributed by atoms with van der Waals surface area (Å²) in [6, 6.07) is 13.4. The van der Waals surface area contributed by atoms with Crippen molar-refractivity contribution in [3.05, 3.63) is 71.2 Å². The van der Waals surface area contributed by atoms with Crippen molar-refractivity contribution < 1.29 is 19.0 Å². The molecule has 1 aliphatic heterocycles. The average Bonchev–Trinajstić information content (AvgIpc) is 2.99. The van der Waals surface area contributed by atoms with Crippen molar-refractivity contribution in [2.75, 3.05) is 27.4 Å². The number of methoxy groups -OCH3 is 1. The maximum Gasteiger partial charge on any atom is 0.265 e. The Balaban J connectivity index is 1.62. The van der Waals surface area contributed by atoms with Crippen LogP contribution >= 0.6 is 24.0 Å². The molecule has 0 unspecified atom stereocenters. The molecule has 0 radical (unpaired) electrons. The number of rotatable bonds is 9. The van der Waals surface area contributed by atoms with Crippen LogP contribution < -0.4 is 14.2 Å². The molecule has 156 valence electrons. The van der Waals surface area contributed by atoms with Crippen LogP contribution in [0, 0.1) is 0 Å². The van der Waals surface area contributed by atoms with Crippen molar-refractivity contribution in [2.24, 2.45) is 0 Å². The normalized spacial score (nSPS) is 14.9. The fourth-order valence-corrected chi connectivity index (χ4v) is 4.04. The van der Waals surface area contributed by atoms with Crippen molar-refractivity contribution in [1.29, 1.82) is 0 Å². The maximum atomic E-state index is 12.2. The lowest BCUT2D eigenvalue weighted by Crippen LogP contribution is -2.22. The van der Waals surface area contributed by atoms with Crippen LogP contribution in [0.1, 0.15) is 11.1 Å². The summed E-state index contributed by atoms with van der Waals surface area (Å²) in [6.45, 7) is 4.54. The number of hydrogen-bond acceptors (Lipinski definition) is 6. The highest BCUT2D eigenvalue weighted by molar-refractivity contribution is 8.26. The summed E-state index contributed by atoms with van der Waals surface area (Å²) < 4.78 is 17.7. The molecule has 0 aromatic heterocycles. The fourth-order valence-electron chi connectivity index (χ4n) is 2.86. The summed E-state index contributed by atoms with van der Waals surface area (Å²) in [5.41, 5.74) is 1.93. The Labute approximate surface area is 186 Å². The first kappa shape index (κ1) is 21.9. The van der Waals surface area contributed by atoms with Crippen molar-refractivity contribution in [2.45, 2.75) is 6.42 Å². The van der Waals surface area contributed by atoms with E-state index < -0.39 is 0 Å². The molecule has 2 aromatic carbocycles. The van der Waals surface area contributed by atoms with Crippen LogP contribution in [0.3, 0.4) is 0 Å². The maximum absolute atomic E-state index is 12.2. The fraction of sp³-hybridized carbons (Fsp3) is 0.217. The van der Waals surface area contributed by atoms with Crippen LogP contribution in [-0.2, 0) is 11.2 Å². The van der Waals surface area contributed by atoms with Gasteiger partial charge in [-0.15, -0.1) is 6.58 Å². The number of thioether (sulfide) groups is 1. The molecule has 0 saturated carbocycles. The smallest absolute Gasteiger partial charge is 0.265 e. The third kappa shape index (κ3) is 5.23. The van der Waals surface area contributed by atoms with Crippen LogP contribution in [-0.4, -0.2) is 42.5 Å². The highest BCUT2D eigenvalue weighted by Gasteiger charge is 2.28. The van der Waals surface area contributed by atoms with Gasteiger partial charge in [-0.3, -0.25) is 9.69 Å². The largest absolute Gasteiger partial charge is 0.493 e. The zero-order chi connectivity index (χ0) is 21.5. The number of benzene rings is 2. The summed E-state index contributed by atoms with van der Waals surface area (Å²) in [7, 11) is 3.26. The molecule has 0 atom stereocenters. The van der Waals surface area contributed by atoms with E-state index in [2.05, 4.69) is 6.58 Å². The Hall–Kier alpha value is -2.77. The molecule has 0 spiro atoms. The first-order chi connectivity index (χ1) is 14.5. The Morgan fingerprint density at radius 3 is 2.50 bits per heavy atom. The van der Waals surface area contributed by atoms with E-state index in [1.807, 2.05) is 48.5 Å². The number of thiocarbonyl (C=S) groups is 1. The molecule has 0 aliphatic carbocycles. The zero-order valence-electron chi connectivity index (χ0n) is 16.9. The van der Waals surface area contributed by atoms with Gasteiger partial charge in [0.2, 0.25) is 0 Å². The van der Waals surface area contributed by atoms with Gasteiger partial charge in [-0.2, -0.15) is 0 Å². The summed E-state index contributed by atoms with van der Waals surface area (Å²) in [5, 5.41) is 0. The van der Waals surface area contributed by atoms with Crippen molar-refractivity contribution in [3.8, 4) is 17.2 Å². The third-order valence-corrected chi connectivity index (χ3v) is 5.89. The number of allylic oxidation sites excluding steroid dienone is 1. The topological polar surface area (TPSA) is 48.0 Å². The minimum atomic E-state index is -0.0989. The first-order valence-corrected chi connectivity index (χ1v) is 10.6. The predicted octanol–water partition coefficient (Wildman–Crippen LogP) is 4.71. The lowest BCUT2D eigenvalue weighted by Gasteiger charge is -2.13.